The molecule has 0 spiro atoms. The highest BCUT2D eigenvalue weighted by molar-refractivity contribution is 5.80. The number of aliphatic hydroxyl groups excluding tert-OH is 3. The topological polar surface area (TPSA) is 179 Å². The number of aliphatic hydroxyl groups is 3. The Bertz CT molecular complexity index is 630. The maximum atomic E-state index is 12.3. The standard InChI is InChI=1S/C24H47N3O8/c1-5-8-9-17(28)22(31)27-16(6-2)19(29)13(4)32-24-20(30)21(18(7-3)34-24)35-23-15(26)11-10-14(12-25)33-23/h13-21,23-24,28-30H,5-12,25-26H2,1-4H3,(H,27,31). The number of carbonyl (C=O) groups is 1. The highest BCUT2D eigenvalue weighted by atomic mass is 16.7. The monoisotopic (exact) mass is 505 g/mol. The van der Waals surface area contributed by atoms with Crippen molar-refractivity contribution in [2.24, 2.45) is 11.5 Å². The molecule has 35 heavy (non-hydrogen) atoms. The van der Waals surface area contributed by atoms with Crippen molar-refractivity contribution >= 4 is 5.91 Å². The van der Waals surface area contributed by atoms with Gasteiger partial charge in [0.25, 0.3) is 0 Å². The molecule has 0 aromatic rings. The highest BCUT2D eigenvalue weighted by Crippen LogP contribution is 2.31. The van der Waals surface area contributed by atoms with Crippen LogP contribution in [-0.4, -0.2) is 95.2 Å². The Labute approximate surface area is 208 Å². The molecule has 2 saturated heterocycles. The van der Waals surface area contributed by atoms with E-state index in [0.29, 0.717) is 32.2 Å². The molecule has 8 N–H and O–H groups in total. The van der Waals surface area contributed by atoms with Gasteiger partial charge in [-0.15, -0.1) is 0 Å². The van der Waals surface area contributed by atoms with Gasteiger partial charge in [-0.25, -0.2) is 0 Å². The summed E-state index contributed by atoms with van der Waals surface area (Å²) in [5.41, 5.74) is 11.9. The molecule has 0 bridgehead atoms. The van der Waals surface area contributed by atoms with E-state index in [1.165, 1.54) is 0 Å². The zero-order chi connectivity index (χ0) is 26.1. The van der Waals surface area contributed by atoms with Gasteiger partial charge < -0.3 is 51.1 Å². The molecule has 11 atom stereocenters. The third-order valence-corrected chi connectivity index (χ3v) is 6.89. The van der Waals surface area contributed by atoms with E-state index in [4.69, 9.17) is 30.4 Å². The summed E-state index contributed by atoms with van der Waals surface area (Å²) >= 11 is 0. The fraction of sp³-hybridized carbons (Fsp3) is 0.958. The first kappa shape index (κ1) is 30.3. The quantitative estimate of drug-likeness (QED) is 0.186. The summed E-state index contributed by atoms with van der Waals surface area (Å²) in [7, 11) is 0. The molecule has 206 valence electrons. The van der Waals surface area contributed by atoms with Crippen LogP contribution in [0.3, 0.4) is 0 Å². The summed E-state index contributed by atoms with van der Waals surface area (Å²) < 4.78 is 23.7. The molecule has 1 amide bonds. The predicted molar refractivity (Wildman–Crippen MR) is 129 cm³/mol. The van der Waals surface area contributed by atoms with Crippen LogP contribution in [0.1, 0.15) is 72.6 Å². The average molecular weight is 506 g/mol. The van der Waals surface area contributed by atoms with E-state index in [-0.39, 0.29) is 12.1 Å². The van der Waals surface area contributed by atoms with Crippen LogP contribution in [0, 0.1) is 0 Å². The first-order chi connectivity index (χ1) is 16.7. The number of carbonyl (C=O) groups excluding carboxylic acids is 1. The lowest BCUT2D eigenvalue weighted by molar-refractivity contribution is -0.237. The van der Waals surface area contributed by atoms with Gasteiger partial charge in [0.1, 0.15) is 24.4 Å². The largest absolute Gasteiger partial charge is 0.388 e. The van der Waals surface area contributed by atoms with Crippen LogP contribution in [0.5, 0.6) is 0 Å². The van der Waals surface area contributed by atoms with Crippen molar-refractivity contribution in [2.75, 3.05) is 6.54 Å². The Hall–Kier alpha value is -0.890. The molecule has 0 radical (unpaired) electrons. The minimum absolute atomic E-state index is 0.150. The normalized spacial score (nSPS) is 34.8. The molecular formula is C24H47N3O8. The second-order valence-corrected chi connectivity index (χ2v) is 9.66. The van der Waals surface area contributed by atoms with Gasteiger partial charge in [0.15, 0.2) is 12.6 Å². The van der Waals surface area contributed by atoms with Crippen LogP contribution >= 0.6 is 0 Å². The fourth-order valence-corrected chi connectivity index (χ4v) is 4.50. The van der Waals surface area contributed by atoms with Gasteiger partial charge in [-0.05, 0) is 39.0 Å². The van der Waals surface area contributed by atoms with Crippen LogP contribution in [0.4, 0.5) is 0 Å². The van der Waals surface area contributed by atoms with Crippen molar-refractivity contribution in [3.63, 3.8) is 0 Å². The van der Waals surface area contributed by atoms with E-state index >= 15 is 0 Å². The molecule has 2 rings (SSSR count). The van der Waals surface area contributed by atoms with Crippen molar-refractivity contribution < 1.29 is 39.1 Å². The summed E-state index contributed by atoms with van der Waals surface area (Å²) in [6.45, 7) is 7.71. The summed E-state index contributed by atoms with van der Waals surface area (Å²) in [5.74, 6) is -0.521. The summed E-state index contributed by atoms with van der Waals surface area (Å²) in [4.78, 5) is 12.3. The molecule has 0 aliphatic carbocycles. The van der Waals surface area contributed by atoms with E-state index in [0.717, 1.165) is 19.3 Å². The number of unbranched alkanes of at least 4 members (excludes halogenated alkanes) is 1. The summed E-state index contributed by atoms with van der Waals surface area (Å²) in [6.07, 6.45) is -2.79. The Morgan fingerprint density at radius 1 is 1.17 bits per heavy atom. The van der Waals surface area contributed by atoms with E-state index in [9.17, 15) is 20.1 Å². The summed E-state index contributed by atoms with van der Waals surface area (Å²) in [5, 5.41) is 34.5. The van der Waals surface area contributed by atoms with Crippen LogP contribution in [0.2, 0.25) is 0 Å². The lowest BCUT2D eigenvalue weighted by Gasteiger charge is -2.36. The molecule has 0 aromatic carbocycles. The van der Waals surface area contributed by atoms with Gasteiger partial charge in [0, 0.05) is 6.54 Å². The lowest BCUT2D eigenvalue weighted by Crippen LogP contribution is -2.52. The van der Waals surface area contributed by atoms with Gasteiger partial charge in [0.2, 0.25) is 5.91 Å². The molecule has 11 heteroatoms. The lowest BCUT2D eigenvalue weighted by atomic mass is 10.0. The number of nitrogens with one attached hydrogen (secondary N) is 1. The van der Waals surface area contributed by atoms with Crippen molar-refractivity contribution in [1.82, 2.24) is 5.32 Å². The third-order valence-electron chi connectivity index (χ3n) is 6.89. The SMILES string of the molecule is CCCCC(O)C(=O)NC(CC)C(O)C(C)OC1OC(CC)C(OC2OC(CN)CCC2N)C1O. The Morgan fingerprint density at radius 2 is 1.89 bits per heavy atom. The highest BCUT2D eigenvalue weighted by Gasteiger charge is 2.48. The molecule has 0 aromatic heterocycles. The van der Waals surface area contributed by atoms with Gasteiger partial charge in [-0.2, -0.15) is 0 Å². The molecular weight excluding hydrogens is 458 g/mol. The molecule has 2 fully saturated rings. The summed E-state index contributed by atoms with van der Waals surface area (Å²) in [6, 6.07) is -0.979. The van der Waals surface area contributed by atoms with Crippen LogP contribution in [0.15, 0.2) is 0 Å². The second kappa shape index (κ2) is 14.7. The van der Waals surface area contributed by atoms with Crippen LogP contribution < -0.4 is 16.8 Å². The minimum Gasteiger partial charge on any atom is -0.388 e. The Kier molecular flexibility index (Phi) is 12.8. The third kappa shape index (κ3) is 8.31. The number of ether oxygens (including phenoxy) is 4. The number of nitrogens with two attached hydrogens (primary N) is 2. The number of amides is 1. The molecule has 2 aliphatic rings. The predicted octanol–water partition coefficient (Wildman–Crippen LogP) is -0.130. The second-order valence-electron chi connectivity index (χ2n) is 9.66. The smallest absolute Gasteiger partial charge is 0.249 e. The van der Waals surface area contributed by atoms with Crippen LogP contribution in [-0.2, 0) is 23.7 Å². The fourth-order valence-electron chi connectivity index (χ4n) is 4.50. The van der Waals surface area contributed by atoms with Crippen molar-refractivity contribution in [2.45, 2.75) is 140 Å². The van der Waals surface area contributed by atoms with Crippen LogP contribution in [0.25, 0.3) is 0 Å². The van der Waals surface area contributed by atoms with Gasteiger partial charge in [0.05, 0.1) is 30.4 Å². The maximum absolute atomic E-state index is 12.3. The zero-order valence-electron chi connectivity index (χ0n) is 21.5. The van der Waals surface area contributed by atoms with Gasteiger partial charge in [-0.3, -0.25) is 4.79 Å². The molecule has 0 saturated carbocycles. The van der Waals surface area contributed by atoms with E-state index in [1.807, 2.05) is 20.8 Å². The molecule has 2 heterocycles. The van der Waals surface area contributed by atoms with Crippen molar-refractivity contribution in [1.29, 1.82) is 0 Å². The molecule has 11 unspecified atom stereocenters. The zero-order valence-corrected chi connectivity index (χ0v) is 21.5. The first-order valence-corrected chi connectivity index (χ1v) is 13.1. The van der Waals surface area contributed by atoms with E-state index in [1.54, 1.807) is 6.92 Å². The Morgan fingerprint density at radius 3 is 2.49 bits per heavy atom. The van der Waals surface area contributed by atoms with E-state index < -0.39 is 61.2 Å². The number of hydrogen-bond donors (Lipinski definition) is 6. The van der Waals surface area contributed by atoms with Crippen molar-refractivity contribution in [3.8, 4) is 0 Å². The average Bonchev–Trinajstić information content (AvgIpc) is 3.15. The Balaban J connectivity index is 1.96. The number of hydrogen-bond acceptors (Lipinski definition) is 10. The first-order valence-electron chi connectivity index (χ1n) is 13.1. The van der Waals surface area contributed by atoms with E-state index in [2.05, 4.69) is 5.32 Å². The van der Waals surface area contributed by atoms with Crippen molar-refractivity contribution in [3.05, 3.63) is 0 Å². The number of rotatable bonds is 14. The van der Waals surface area contributed by atoms with Gasteiger partial charge >= 0.3 is 0 Å². The van der Waals surface area contributed by atoms with Gasteiger partial charge in [-0.1, -0.05) is 33.6 Å². The minimum atomic E-state index is -1.13. The molecule has 2 aliphatic heterocycles. The maximum Gasteiger partial charge on any atom is 0.249 e. The molecule has 11 nitrogen and oxygen atoms in total.